The van der Waals surface area contributed by atoms with Crippen molar-refractivity contribution < 1.29 is 18.7 Å². The van der Waals surface area contributed by atoms with Crippen LogP contribution in [0.4, 0.5) is 4.39 Å². The highest BCUT2D eigenvalue weighted by atomic mass is 32.1. The third-order valence-corrected chi connectivity index (χ3v) is 3.32. The molecule has 18 heavy (non-hydrogen) atoms. The van der Waals surface area contributed by atoms with Crippen molar-refractivity contribution in [3.63, 3.8) is 0 Å². The zero-order valence-electron chi connectivity index (χ0n) is 9.77. The quantitative estimate of drug-likeness (QED) is 0.802. The van der Waals surface area contributed by atoms with Crippen molar-refractivity contribution in [3.8, 4) is 16.3 Å². The third kappa shape index (κ3) is 2.33. The summed E-state index contributed by atoms with van der Waals surface area (Å²) in [6.07, 6.45) is 1.41. The fraction of sp³-hybridized carbons (Fsp3) is 0.167. The van der Waals surface area contributed by atoms with Gasteiger partial charge in [0.15, 0.2) is 11.6 Å². The molecule has 2 aromatic rings. The van der Waals surface area contributed by atoms with Gasteiger partial charge >= 0.3 is 5.97 Å². The lowest BCUT2D eigenvalue weighted by molar-refractivity contribution is 0.0606. The Morgan fingerprint density at radius 3 is 2.78 bits per heavy atom. The van der Waals surface area contributed by atoms with E-state index < -0.39 is 11.8 Å². The van der Waals surface area contributed by atoms with Crippen LogP contribution >= 0.6 is 11.3 Å². The fourth-order valence-electron chi connectivity index (χ4n) is 1.40. The number of methoxy groups -OCH3 is 2. The number of esters is 1. The van der Waals surface area contributed by atoms with Crippen LogP contribution in [0.25, 0.3) is 10.6 Å². The predicted molar refractivity (Wildman–Crippen MR) is 65.4 cm³/mol. The Hall–Kier alpha value is -1.95. The van der Waals surface area contributed by atoms with E-state index in [1.165, 1.54) is 32.5 Å². The Bertz CT molecular complexity index is 582. The molecular weight excluding hydrogens is 257 g/mol. The molecule has 0 radical (unpaired) electrons. The largest absolute Gasteiger partial charge is 0.494 e. The Labute approximate surface area is 107 Å². The first-order chi connectivity index (χ1) is 8.65. The second-order valence-electron chi connectivity index (χ2n) is 3.37. The maximum Gasteiger partial charge on any atom is 0.349 e. The normalized spacial score (nSPS) is 10.2. The van der Waals surface area contributed by atoms with E-state index in [1.807, 2.05) is 0 Å². The van der Waals surface area contributed by atoms with Gasteiger partial charge < -0.3 is 9.47 Å². The third-order valence-electron chi connectivity index (χ3n) is 2.29. The molecule has 1 heterocycles. The minimum absolute atomic E-state index is 0.170. The molecule has 6 heteroatoms. The van der Waals surface area contributed by atoms with Gasteiger partial charge in [0.1, 0.15) is 9.88 Å². The van der Waals surface area contributed by atoms with Gasteiger partial charge in [0.2, 0.25) is 0 Å². The second kappa shape index (κ2) is 5.14. The average molecular weight is 267 g/mol. The van der Waals surface area contributed by atoms with E-state index in [0.29, 0.717) is 15.4 Å². The van der Waals surface area contributed by atoms with Crippen LogP contribution in [0.2, 0.25) is 0 Å². The SMILES string of the molecule is COC(=O)c1cnc(-c2ccc(OC)c(F)c2)s1. The lowest BCUT2D eigenvalue weighted by atomic mass is 10.2. The van der Waals surface area contributed by atoms with Gasteiger partial charge in [0.05, 0.1) is 20.4 Å². The van der Waals surface area contributed by atoms with Crippen LogP contribution in [-0.2, 0) is 4.74 Å². The van der Waals surface area contributed by atoms with Gasteiger partial charge in [0.25, 0.3) is 0 Å². The van der Waals surface area contributed by atoms with Crippen LogP contribution in [0.5, 0.6) is 5.75 Å². The van der Waals surface area contributed by atoms with E-state index in [4.69, 9.17) is 4.74 Å². The molecule has 0 aliphatic carbocycles. The van der Waals surface area contributed by atoms with Crippen molar-refractivity contribution in [2.45, 2.75) is 0 Å². The minimum Gasteiger partial charge on any atom is -0.494 e. The Morgan fingerprint density at radius 2 is 2.17 bits per heavy atom. The van der Waals surface area contributed by atoms with Crippen molar-refractivity contribution in [2.75, 3.05) is 14.2 Å². The molecule has 0 atom stereocenters. The molecule has 1 aromatic heterocycles. The van der Waals surface area contributed by atoms with Crippen molar-refractivity contribution in [1.82, 2.24) is 4.98 Å². The lowest BCUT2D eigenvalue weighted by Crippen LogP contribution is -1.96. The minimum atomic E-state index is -0.468. The summed E-state index contributed by atoms with van der Waals surface area (Å²) in [7, 11) is 2.70. The van der Waals surface area contributed by atoms with Gasteiger partial charge in [-0.2, -0.15) is 0 Å². The molecule has 94 valence electrons. The predicted octanol–water partition coefficient (Wildman–Crippen LogP) is 2.74. The topological polar surface area (TPSA) is 48.4 Å². The highest BCUT2D eigenvalue weighted by molar-refractivity contribution is 7.16. The standard InChI is InChI=1S/C12H10FNO3S/c1-16-9-4-3-7(5-8(9)13)11-14-6-10(18-11)12(15)17-2/h3-6H,1-2H3. The number of nitrogens with zero attached hydrogens (tertiary/aromatic N) is 1. The van der Waals surface area contributed by atoms with Gasteiger partial charge in [-0.1, -0.05) is 0 Å². The first kappa shape index (κ1) is 12.5. The number of aromatic nitrogens is 1. The summed E-state index contributed by atoms with van der Waals surface area (Å²) in [6, 6.07) is 4.52. The first-order valence-electron chi connectivity index (χ1n) is 5.03. The Morgan fingerprint density at radius 1 is 1.39 bits per heavy atom. The zero-order chi connectivity index (χ0) is 13.1. The number of carbonyl (C=O) groups excluding carboxylic acids is 1. The zero-order valence-corrected chi connectivity index (χ0v) is 10.6. The van der Waals surface area contributed by atoms with Crippen LogP contribution in [0, 0.1) is 5.82 Å². The maximum atomic E-state index is 13.5. The lowest BCUT2D eigenvalue weighted by Gasteiger charge is -2.02. The van der Waals surface area contributed by atoms with Crippen LogP contribution in [0.15, 0.2) is 24.4 Å². The number of ether oxygens (including phenoxy) is 2. The van der Waals surface area contributed by atoms with E-state index in [0.717, 1.165) is 11.3 Å². The Kier molecular flexibility index (Phi) is 3.57. The number of thiazole rings is 1. The Balaban J connectivity index is 2.34. The van der Waals surface area contributed by atoms with E-state index >= 15 is 0 Å². The molecule has 0 bridgehead atoms. The van der Waals surface area contributed by atoms with Gasteiger partial charge in [-0.3, -0.25) is 0 Å². The van der Waals surface area contributed by atoms with E-state index in [-0.39, 0.29) is 5.75 Å². The van der Waals surface area contributed by atoms with Crippen molar-refractivity contribution in [2.24, 2.45) is 0 Å². The van der Waals surface area contributed by atoms with Gasteiger partial charge in [-0.15, -0.1) is 11.3 Å². The number of hydrogen-bond donors (Lipinski definition) is 0. The molecule has 1 aromatic carbocycles. The number of hydrogen-bond acceptors (Lipinski definition) is 5. The van der Waals surface area contributed by atoms with Gasteiger partial charge in [-0.05, 0) is 18.2 Å². The average Bonchev–Trinajstić information content (AvgIpc) is 2.87. The van der Waals surface area contributed by atoms with Crippen LogP contribution < -0.4 is 4.74 Å². The summed E-state index contributed by atoms with van der Waals surface area (Å²) in [4.78, 5) is 15.7. The molecule has 0 saturated carbocycles. The molecule has 4 nitrogen and oxygen atoms in total. The van der Waals surface area contributed by atoms with Crippen molar-refractivity contribution in [1.29, 1.82) is 0 Å². The first-order valence-corrected chi connectivity index (χ1v) is 5.85. The number of halogens is 1. The molecule has 0 aliphatic heterocycles. The van der Waals surface area contributed by atoms with E-state index in [2.05, 4.69) is 9.72 Å². The summed E-state index contributed by atoms with van der Waals surface area (Å²) in [5.74, 6) is -0.749. The molecule has 0 fully saturated rings. The fourth-order valence-corrected chi connectivity index (χ4v) is 2.23. The molecule has 0 N–H and O–H groups in total. The van der Waals surface area contributed by atoms with Gasteiger partial charge in [-0.25, -0.2) is 14.2 Å². The van der Waals surface area contributed by atoms with E-state index in [1.54, 1.807) is 6.07 Å². The maximum absolute atomic E-state index is 13.5. The van der Waals surface area contributed by atoms with E-state index in [9.17, 15) is 9.18 Å². The van der Waals surface area contributed by atoms with Crippen molar-refractivity contribution in [3.05, 3.63) is 35.1 Å². The molecule has 0 amide bonds. The molecule has 0 spiro atoms. The van der Waals surface area contributed by atoms with Crippen LogP contribution in [-0.4, -0.2) is 25.2 Å². The molecule has 0 saturated heterocycles. The summed E-state index contributed by atoms with van der Waals surface area (Å²) in [6.45, 7) is 0. The second-order valence-corrected chi connectivity index (χ2v) is 4.40. The highest BCUT2D eigenvalue weighted by Crippen LogP contribution is 2.28. The number of rotatable bonds is 3. The van der Waals surface area contributed by atoms with Gasteiger partial charge in [0, 0.05) is 5.56 Å². The summed E-state index contributed by atoms with van der Waals surface area (Å²) in [5, 5.41) is 0.553. The highest BCUT2D eigenvalue weighted by Gasteiger charge is 2.13. The molecule has 2 rings (SSSR count). The van der Waals surface area contributed by atoms with Crippen LogP contribution in [0.3, 0.4) is 0 Å². The molecular formula is C12H10FNO3S. The summed E-state index contributed by atoms with van der Waals surface area (Å²) in [5.41, 5.74) is 0.591. The number of benzene rings is 1. The molecule has 0 aliphatic rings. The summed E-state index contributed by atoms with van der Waals surface area (Å²) < 4.78 is 22.9. The number of carbonyl (C=O) groups is 1. The van der Waals surface area contributed by atoms with Crippen LogP contribution in [0.1, 0.15) is 9.67 Å². The summed E-state index contributed by atoms with van der Waals surface area (Å²) >= 11 is 1.15. The van der Waals surface area contributed by atoms with Crippen molar-refractivity contribution >= 4 is 17.3 Å². The monoisotopic (exact) mass is 267 g/mol. The smallest absolute Gasteiger partial charge is 0.349 e. The molecule has 0 unspecified atom stereocenters.